The third-order valence-electron chi connectivity index (χ3n) is 0.918. The number of ether oxygens (including phenoxy) is 1. The summed E-state index contributed by atoms with van der Waals surface area (Å²) in [6.07, 6.45) is 0. The van der Waals surface area contributed by atoms with Gasteiger partial charge in [-0.1, -0.05) is 0 Å². The number of hydrogen-bond acceptors (Lipinski definition) is 3. The van der Waals surface area contributed by atoms with Gasteiger partial charge in [-0.3, -0.25) is 9.35 Å². The minimum atomic E-state index is -2.17. The molecule has 1 unspecified atom stereocenters. The topological polar surface area (TPSA) is 75.6 Å². The Hall–Kier alpha value is -0.460. The van der Waals surface area contributed by atoms with Crippen LogP contribution in [0.15, 0.2) is 0 Å². The highest BCUT2D eigenvalue weighted by molar-refractivity contribution is 7.77. The zero-order valence-corrected chi connectivity index (χ0v) is 7.18. The van der Waals surface area contributed by atoms with Gasteiger partial charge in [0.05, 0.1) is 6.61 Å². The second kappa shape index (κ2) is 5.22. The monoisotopic (exact) mass is 181 g/mol. The summed E-state index contributed by atoms with van der Waals surface area (Å²) in [5.41, 5.74) is 0. The second-order valence-electron chi connectivity index (χ2n) is 1.84. The van der Waals surface area contributed by atoms with E-state index >= 15 is 0 Å². The molecule has 66 valence electrons. The van der Waals surface area contributed by atoms with E-state index in [4.69, 9.17) is 4.55 Å². The molecule has 0 rings (SSSR count). The molecule has 0 amide bonds. The van der Waals surface area contributed by atoms with Crippen LogP contribution >= 0.6 is 0 Å². The van der Waals surface area contributed by atoms with Crippen molar-refractivity contribution in [3.63, 3.8) is 0 Å². The molecule has 0 radical (unpaired) electrons. The Morgan fingerprint density at radius 1 is 1.82 bits per heavy atom. The van der Waals surface area contributed by atoms with Gasteiger partial charge in [-0.2, -0.15) is 0 Å². The van der Waals surface area contributed by atoms with E-state index < -0.39 is 23.3 Å². The minimum absolute atomic E-state index is 0.267. The van der Waals surface area contributed by atoms with Crippen molar-refractivity contribution in [3.05, 3.63) is 0 Å². The van der Waals surface area contributed by atoms with Crippen LogP contribution in [0.4, 0.5) is 0 Å². The van der Waals surface area contributed by atoms with Gasteiger partial charge in [0.25, 0.3) is 0 Å². The third kappa shape index (κ3) is 4.88. The Balaban J connectivity index is 3.73. The van der Waals surface area contributed by atoms with Crippen molar-refractivity contribution < 1.29 is 18.3 Å². The van der Waals surface area contributed by atoms with E-state index in [1.54, 1.807) is 6.92 Å². The summed E-state index contributed by atoms with van der Waals surface area (Å²) in [6, 6.07) is -0.749. The van der Waals surface area contributed by atoms with E-state index in [1.807, 2.05) is 0 Å². The first-order valence-corrected chi connectivity index (χ1v) is 4.22. The molecule has 0 aromatic rings. The highest BCUT2D eigenvalue weighted by Gasteiger charge is 2.14. The first-order chi connectivity index (χ1) is 5.07. The van der Waals surface area contributed by atoms with Crippen LogP contribution in [-0.4, -0.2) is 27.4 Å². The molecule has 0 spiro atoms. The van der Waals surface area contributed by atoms with Gasteiger partial charge in [0.1, 0.15) is 6.04 Å². The molecule has 0 aliphatic rings. The number of carbonyl (C=O) groups is 1. The van der Waals surface area contributed by atoms with Crippen molar-refractivity contribution >= 4 is 17.2 Å². The fourth-order valence-corrected chi connectivity index (χ4v) is 0.865. The maximum absolute atomic E-state index is 10.7. The van der Waals surface area contributed by atoms with Crippen LogP contribution in [0.3, 0.4) is 0 Å². The van der Waals surface area contributed by atoms with Crippen LogP contribution in [0.5, 0.6) is 0 Å². The molecule has 2 N–H and O–H groups in total. The van der Waals surface area contributed by atoms with Crippen LogP contribution < -0.4 is 4.72 Å². The van der Waals surface area contributed by atoms with E-state index in [2.05, 4.69) is 9.46 Å². The van der Waals surface area contributed by atoms with Gasteiger partial charge in [0, 0.05) is 0 Å². The van der Waals surface area contributed by atoms with Crippen LogP contribution in [-0.2, 0) is 20.8 Å². The quantitative estimate of drug-likeness (QED) is 0.459. The third-order valence-corrected chi connectivity index (χ3v) is 1.47. The summed E-state index contributed by atoms with van der Waals surface area (Å²) in [7, 11) is 0. The Labute approximate surface area is 67.5 Å². The largest absolute Gasteiger partial charge is 0.465 e. The van der Waals surface area contributed by atoms with Crippen molar-refractivity contribution in [2.75, 3.05) is 6.61 Å². The summed E-state index contributed by atoms with van der Waals surface area (Å²) >= 11 is -2.17. The molecule has 0 heterocycles. The Morgan fingerprint density at radius 3 is 2.73 bits per heavy atom. The molecule has 6 heteroatoms. The number of carbonyl (C=O) groups excluding carboxylic acids is 1. The van der Waals surface area contributed by atoms with Crippen LogP contribution in [0.25, 0.3) is 0 Å². The second-order valence-corrected chi connectivity index (χ2v) is 2.57. The lowest BCUT2D eigenvalue weighted by Crippen LogP contribution is -2.36. The van der Waals surface area contributed by atoms with E-state index in [0.717, 1.165) is 0 Å². The smallest absolute Gasteiger partial charge is 0.323 e. The van der Waals surface area contributed by atoms with Gasteiger partial charge in [0.2, 0.25) is 11.3 Å². The minimum Gasteiger partial charge on any atom is -0.465 e. The molecule has 0 aliphatic heterocycles. The average Bonchev–Trinajstić information content (AvgIpc) is 1.86. The predicted molar refractivity (Wildman–Crippen MR) is 40.0 cm³/mol. The van der Waals surface area contributed by atoms with Crippen molar-refractivity contribution in [1.29, 1.82) is 0 Å². The SMILES string of the molecule is CCOC(=O)[C@@H](C)NS(=O)O. The zero-order valence-electron chi connectivity index (χ0n) is 6.36. The molecule has 5 nitrogen and oxygen atoms in total. The van der Waals surface area contributed by atoms with Crippen molar-refractivity contribution in [2.45, 2.75) is 19.9 Å². The Bertz CT molecular complexity index is 161. The molecular weight excluding hydrogens is 170 g/mol. The van der Waals surface area contributed by atoms with Crippen LogP contribution in [0.2, 0.25) is 0 Å². The van der Waals surface area contributed by atoms with Gasteiger partial charge >= 0.3 is 5.97 Å². The Kier molecular flexibility index (Phi) is 5.01. The number of nitrogens with one attached hydrogen (secondary N) is 1. The van der Waals surface area contributed by atoms with Crippen molar-refractivity contribution in [1.82, 2.24) is 4.72 Å². The first kappa shape index (κ1) is 10.5. The molecule has 0 saturated heterocycles. The highest BCUT2D eigenvalue weighted by atomic mass is 32.2. The van der Waals surface area contributed by atoms with Gasteiger partial charge in [-0.15, -0.1) is 0 Å². The molecule has 0 aromatic heterocycles. The maximum Gasteiger partial charge on any atom is 0.323 e. The number of rotatable bonds is 4. The van der Waals surface area contributed by atoms with E-state index in [1.165, 1.54) is 6.92 Å². The van der Waals surface area contributed by atoms with Crippen LogP contribution in [0, 0.1) is 0 Å². The number of hydrogen-bond donors (Lipinski definition) is 2. The lowest BCUT2D eigenvalue weighted by molar-refractivity contribution is -0.144. The predicted octanol–water partition coefficient (Wildman–Crippen LogP) is -0.336. The molecule has 11 heavy (non-hydrogen) atoms. The molecular formula is C5H11NO4S. The normalized spacial score (nSPS) is 15.5. The molecule has 0 bridgehead atoms. The zero-order chi connectivity index (χ0) is 8.85. The van der Waals surface area contributed by atoms with Gasteiger partial charge in [-0.05, 0) is 13.8 Å². The van der Waals surface area contributed by atoms with E-state index in [-0.39, 0.29) is 6.61 Å². The molecule has 2 atom stereocenters. The van der Waals surface area contributed by atoms with Crippen molar-refractivity contribution in [2.24, 2.45) is 0 Å². The van der Waals surface area contributed by atoms with Crippen molar-refractivity contribution in [3.8, 4) is 0 Å². The summed E-state index contributed by atoms with van der Waals surface area (Å²) in [5, 5.41) is 0. The molecule has 0 saturated carbocycles. The summed E-state index contributed by atoms with van der Waals surface area (Å²) in [5.74, 6) is -0.532. The Morgan fingerprint density at radius 2 is 2.36 bits per heavy atom. The highest BCUT2D eigenvalue weighted by Crippen LogP contribution is 1.87. The van der Waals surface area contributed by atoms with Gasteiger partial charge in [-0.25, -0.2) is 8.93 Å². The number of esters is 1. The van der Waals surface area contributed by atoms with E-state index in [0.29, 0.717) is 0 Å². The lowest BCUT2D eigenvalue weighted by atomic mass is 10.4. The van der Waals surface area contributed by atoms with Gasteiger partial charge in [0.15, 0.2) is 0 Å². The fourth-order valence-electron chi connectivity index (χ4n) is 0.467. The standard InChI is InChI=1S/C5H11NO4S/c1-3-10-5(7)4(2)6-11(8)9/h4,6H,3H2,1-2H3,(H,8,9)/t4-/m1/s1. The fraction of sp³-hybridized carbons (Fsp3) is 0.800. The average molecular weight is 181 g/mol. The maximum atomic E-state index is 10.7. The van der Waals surface area contributed by atoms with Gasteiger partial charge < -0.3 is 4.74 Å². The van der Waals surface area contributed by atoms with Crippen LogP contribution in [0.1, 0.15) is 13.8 Å². The molecule has 0 fully saturated rings. The summed E-state index contributed by atoms with van der Waals surface area (Å²) < 4.78 is 25.0. The van der Waals surface area contributed by atoms with E-state index in [9.17, 15) is 9.00 Å². The summed E-state index contributed by atoms with van der Waals surface area (Å²) in [4.78, 5) is 10.7. The summed E-state index contributed by atoms with van der Waals surface area (Å²) in [6.45, 7) is 3.38. The lowest BCUT2D eigenvalue weighted by Gasteiger charge is -2.08. The molecule has 0 aromatic carbocycles. The molecule has 0 aliphatic carbocycles. The first-order valence-electron chi connectivity index (χ1n) is 3.11.